The van der Waals surface area contributed by atoms with E-state index in [1.165, 1.54) is 22.0 Å². The molecule has 9 heteroatoms. The largest absolute Gasteiger partial charge is 0.289 e. The summed E-state index contributed by atoms with van der Waals surface area (Å²) in [5, 5.41) is 5.41. The second kappa shape index (κ2) is 8.03. The first kappa shape index (κ1) is 19.1. The van der Waals surface area contributed by atoms with Crippen molar-refractivity contribution in [3.8, 4) is 0 Å². The van der Waals surface area contributed by atoms with E-state index in [1.807, 2.05) is 0 Å². The Balaban J connectivity index is 1.49. The second-order valence-electron chi connectivity index (χ2n) is 6.54. The lowest BCUT2D eigenvalue weighted by molar-refractivity contribution is -0.121. The summed E-state index contributed by atoms with van der Waals surface area (Å²) in [5.74, 6) is -0.413. The van der Waals surface area contributed by atoms with Crippen LogP contribution in [0, 0.1) is 0 Å². The number of nitrogens with one attached hydrogen (secondary N) is 1. The number of amides is 1. The molecule has 0 spiro atoms. The first-order chi connectivity index (χ1) is 13.5. The second-order valence-corrected chi connectivity index (χ2v) is 8.43. The van der Waals surface area contributed by atoms with Gasteiger partial charge in [0, 0.05) is 4.88 Å². The van der Waals surface area contributed by atoms with Crippen LogP contribution in [-0.2, 0) is 24.2 Å². The van der Waals surface area contributed by atoms with Crippen molar-refractivity contribution in [3.05, 3.63) is 60.9 Å². The molecule has 0 saturated carbocycles. The van der Waals surface area contributed by atoms with E-state index < -0.39 is 5.91 Å². The number of halogens is 2. The maximum Gasteiger partial charge on any atom is 0.262 e. The minimum absolute atomic E-state index is 0.148. The number of carbonyl (C=O) groups is 1. The number of aromatic nitrogens is 2. The van der Waals surface area contributed by atoms with Crippen molar-refractivity contribution in [2.45, 2.75) is 32.2 Å². The number of hydrazone groups is 1. The van der Waals surface area contributed by atoms with Crippen LogP contribution < -0.4 is 11.0 Å². The van der Waals surface area contributed by atoms with Crippen molar-refractivity contribution in [2.24, 2.45) is 5.10 Å². The van der Waals surface area contributed by atoms with Crippen LogP contribution in [0.25, 0.3) is 10.2 Å². The number of hydrogen-bond donors (Lipinski definition) is 1. The zero-order valence-corrected chi connectivity index (χ0v) is 17.1. The molecule has 0 fully saturated rings. The average molecular weight is 435 g/mol. The smallest absolute Gasteiger partial charge is 0.262 e. The summed E-state index contributed by atoms with van der Waals surface area (Å²) in [6.45, 7) is -0.148. The first-order valence-corrected chi connectivity index (χ1v) is 10.4. The van der Waals surface area contributed by atoms with E-state index in [1.54, 1.807) is 29.5 Å². The highest BCUT2D eigenvalue weighted by Crippen LogP contribution is 2.33. The Kier molecular flexibility index (Phi) is 5.48. The van der Waals surface area contributed by atoms with Gasteiger partial charge in [0.2, 0.25) is 0 Å². The molecule has 6 nitrogen and oxygen atoms in total. The van der Waals surface area contributed by atoms with Crippen LogP contribution in [0.1, 0.15) is 28.8 Å². The van der Waals surface area contributed by atoms with E-state index in [4.69, 9.17) is 23.2 Å². The number of aryl methyl sites for hydroxylation is 2. The number of thiophene rings is 1. The Hall–Kier alpha value is -2.22. The van der Waals surface area contributed by atoms with Crippen molar-refractivity contribution in [2.75, 3.05) is 0 Å². The maximum atomic E-state index is 12.8. The quantitative estimate of drug-likeness (QED) is 0.501. The Morgan fingerprint density at radius 3 is 2.93 bits per heavy atom. The van der Waals surface area contributed by atoms with E-state index in [2.05, 4.69) is 15.5 Å². The SMILES string of the molecule is O=C(Cn1cnc2sc3c(c2c1=O)CCCC3)N/N=C/c1ccc(Cl)c(Cl)c1. The first-order valence-electron chi connectivity index (χ1n) is 8.79. The van der Waals surface area contributed by atoms with Gasteiger partial charge >= 0.3 is 0 Å². The van der Waals surface area contributed by atoms with Crippen LogP contribution in [-0.4, -0.2) is 21.7 Å². The maximum absolute atomic E-state index is 12.8. The molecule has 0 bridgehead atoms. The molecule has 0 radical (unpaired) electrons. The van der Waals surface area contributed by atoms with Gasteiger partial charge in [-0.05, 0) is 48.9 Å². The molecule has 1 N–H and O–H groups in total. The third-order valence-corrected chi connectivity index (χ3v) is 6.54. The fourth-order valence-electron chi connectivity index (χ4n) is 3.26. The van der Waals surface area contributed by atoms with Crippen molar-refractivity contribution in [1.29, 1.82) is 0 Å². The van der Waals surface area contributed by atoms with Crippen LogP contribution in [0.5, 0.6) is 0 Å². The molecule has 4 rings (SSSR count). The number of benzene rings is 1. The molecule has 3 aromatic rings. The molecule has 28 heavy (non-hydrogen) atoms. The molecule has 0 unspecified atom stereocenters. The summed E-state index contributed by atoms with van der Waals surface area (Å²) in [4.78, 5) is 31.4. The van der Waals surface area contributed by atoms with Gasteiger partial charge in [-0.25, -0.2) is 10.4 Å². The summed E-state index contributed by atoms with van der Waals surface area (Å²) in [6.07, 6.45) is 7.01. The fourth-order valence-corrected chi connectivity index (χ4v) is 4.78. The third kappa shape index (κ3) is 3.83. The number of nitrogens with zero attached hydrogens (tertiary/aromatic N) is 3. The van der Waals surface area contributed by atoms with Crippen LogP contribution >= 0.6 is 34.5 Å². The molecule has 2 aromatic heterocycles. The van der Waals surface area contributed by atoms with Gasteiger partial charge < -0.3 is 0 Å². The average Bonchev–Trinajstić information content (AvgIpc) is 3.06. The molecule has 1 amide bonds. The van der Waals surface area contributed by atoms with Gasteiger partial charge in [-0.15, -0.1) is 11.3 Å². The van der Waals surface area contributed by atoms with E-state index in [0.29, 0.717) is 21.0 Å². The highest BCUT2D eigenvalue weighted by molar-refractivity contribution is 7.18. The number of rotatable bonds is 4. The molecule has 1 aromatic carbocycles. The predicted molar refractivity (Wildman–Crippen MR) is 113 cm³/mol. The Morgan fingerprint density at radius 1 is 1.29 bits per heavy atom. The Morgan fingerprint density at radius 2 is 2.11 bits per heavy atom. The minimum atomic E-state index is -0.413. The molecule has 0 aliphatic heterocycles. The monoisotopic (exact) mass is 434 g/mol. The van der Waals surface area contributed by atoms with Crippen LogP contribution in [0.15, 0.2) is 34.4 Å². The van der Waals surface area contributed by atoms with Gasteiger partial charge in [0.15, 0.2) is 0 Å². The van der Waals surface area contributed by atoms with Gasteiger partial charge in [-0.3, -0.25) is 14.2 Å². The summed E-state index contributed by atoms with van der Waals surface area (Å²) < 4.78 is 1.33. The van der Waals surface area contributed by atoms with E-state index in [0.717, 1.165) is 36.1 Å². The zero-order chi connectivity index (χ0) is 19.7. The van der Waals surface area contributed by atoms with E-state index in [-0.39, 0.29) is 12.1 Å². The molecule has 144 valence electrons. The number of fused-ring (bicyclic) bond motifs is 3. The van der Waals surface area contributed by atoms with Crippen molar-refractivity contribution in [3.63, 3.8) is 0 Å². The summed E-state index contributed by atoms with van der Waals surface area (Å²) in [6, 6.07) is 5.02. The third-order valence-electron chi connectivity index (χ3n) is 4.60. The lowest BCUT2D eigenvalue weighted by atomic mass is 9.97. The van der Waals surface area contributed by atoms with Crippen molar-refractivity contribution in [1.82, 2.24) is 15.0 Å². The van der Waals surface area contributed by atoms with Gasteiger partial charge in [0.25, 0.3) is 11.5 Å². The minimum Gasteiger partial charge on any atom is -0.289 e. The fraction of sp³-hybridized carbons (Fsp3) is 0.263. The lowest BCUT2D eigenvalue weighted by Crippen LogP contribution is -2.30. The lowest BCUT2D eigenvalue weighted by Gasteiger charge is -2.10. The van der Waals surface area contributed by atoms with Gasteiger partial charge in [-0.1, -0.05) is 29.3 Å². The van der Waals surface area contributed by atoms with Crippen LogP contribution in [0.4, 0.5) is 0 Å². The molecule has 1 aliphatic rings. The van der Waals surface area contributed by atoms with Crippen LogP contribution in [0.3, 0.4) is 0 Å². The number of carbonyl (C=O) groups excluding carboxylic acids is 1. The Labute approximate surface area is 174 Å². The predicted octanol–water partition coefficient (Wildman–Crippen LogP) is 3.79. The van der Waals surface area contributed by atoms with Crippen molar-refractivity contribution < 1.29 is 4.79 Å². The zero-order valence-electron chi connectivity index (χ0n) is 14.7. The molecule has 2 heterocycles. The normalized spacial score (nSPS) is 13.8. The highest BCUT2D eigenvalue weighted by atomic mass is 35.5. The standard InChI is InChI=1S/C19H16Cl2N4O2S/c20-13-6-5-11(7-14(13)21)8-23-24-16(26)9-25-10-22-18-17(19(25)27)12-3-1-2-4-15(12)28-18/h5-8,10H,1-4,9H2,(H,24,26)/b23-8+. The topological polar surface area (TPSA) is 76.3 Å². The van der Waals surface area contributed by atoms with Gasteiger partial charge in [0.1, 0.15) is 11.4 Å². The van der Waals surface area contributed by atoms with E-state index in [9.17, 15) is 9.59 Å². The van der Waals surface area contributed by atoms with Gasteiger partial charge in [0.05, 0.1) is 28.0 Å². The summed E-state index contributed by atoms with van der Waals surface area (Å²) in [7, 11) is 0. The molecule has 0 saturated heterocycles. The molecule has 1 aliphatic carbocycles. The summed E-state index contributed by atoms with van der Waals surface area (Å²) >= 11 is 13.4. The number of hydrogen-bond acceptors (Lipinski definition) is 5. The molecule has 0 atom stereocenters. The van der Waals surface area contributed by atoms with Crippen molar-refractivity contribution >= 4 is 56.9 Å². The summed E-state index contributed by atoms with van der Waals surface area (Å²) in [5.41, 5.74) is 4.04. The van der Waals surface area contributed by atoms with Gasteiger partial charge in [-0.2, -0.15) is 5.10 Å². The Bertz CT molecular complexity index is 1150. The molecular weight excluding hydrogens is 419 g/mol. The van der Waals surface area contributed by atoms with Crippen LogP contribution in [0.2, 0.25) is 10.0 Å². The van der Waals surface area contributed by atoms with E-state index >= 15 is 0 Å². The molecular formula is C19H16Cl2N4O2S. The highest BCUT2D eigenvalue weighted by Gasteiger charge is 2.20.